The first-order chi connectivity index (χ1) is 14.6. The van der Waals surface area contributed by atoms with Crippen LogP contribution in [-0.2, 0) is 11.2 Å². The third kappa shape index (κ3) is 4.71. The monoisotopic (exact) mass is 401 g/mol. The van der Waals surface area contributed by atoms with Gasteiger partial charge in [-0.2, -0.15) is 0 Å². The molecule has 1 aliphatic rings. The van der Waals surface area contributed by atoms with Crippen LogP contribution in [0, 0.1) is 0 Å². The maximum absolute atomic E-state index is 12.5. The van der Waals surface area contributed by atoms with E-state index in [2.05, 4.69) is 31.1 Å². The van der Waals surface area contributed by atoms with Crippen molar-refractivity contribution in [2.24, 2.45) is 0 Å². The van der Waals surface area contributed by atoms with Crippen LogP contribution in [0.2, 0.25) is 0 Å². The number of hydrogen-bond acceptors (Lipinski definition) is 4. The molecule has 0 N–H and O–H groups in total. The lowest BCUT2D eigenvalue weighted by molar-refractivity contribution is -0.137. The molecule has 4 nitrogen and oxygen atoms in total. The smallest absolute Gasteiger partial charge is 0.319 e. The summed E-state index contributed by atoms with van der Waals surface area (Å²) in [6.45, 7) is 0.929. The molecular weight excluding hydrogens is 374 g/mol. The molecule has 0 saturated heterocycles. The van der Waals surface area contributed by atoms with Crippen molar-refractivity contribution in [2.75, 3.05) is 20.6 Å². The van der Waals surface area contributed by atoms with E-state index in [0.717, 1.165) is 35.4 Å². The first-order valence-corrected chi connectivity index (χ1v) is 10.4. The normalized spacial score (nSPS) is 16.6. The van der Waals surface area contributed by atoms with E-state index in [1.165, 1.54) is 0 Å². The highest BCUT2D eigenvalue weighted by Gasteiger charge is 2.30. The second-order valence-corrected chi connectivity index (χ2v) is 7.97. The molecule has 1 aliphatic heterocycles. The molecule has 0 saturated carbocycles. The molecule has 0 aliphatic carbocycles. The summed E-state index contributed by atoms with van der Waals surface area (Å²) in [5, 5.41) is 0. The third-order valence-corrected chi connectivity index (χ3v) is 5.44. The summed E-state index contributed by atoms with van der Waals surface area (Å²) in [5.41, 5.74) is 3.14. The highest BCUT2D eigenvalue weighted by atomic mass is 16.5. The van der Waals surface area contributed by atoms with Gasteiger partial charge in [0.15, 0.2) is 0 Å². The number of ether oxygens (including phenoxy) is 2. The molecule has 2 unspecified atom stereocenters. The van der Waals surface area contributed by atoms with E-state index in [1.807, 2.05) is 66.7 Å². The second-order valence-electron chi connectivity index (χ2n) is 7.97. The average Bonchev–Trinajstić information content (AvgIpc) is 2.77. The lowest BCUT2D eigenvalue weighted by Gasteiger charge is -2.25. The van der Waals surface area contributed by atoms with Gasteiger partial charge in [-0.25, -0.2) is 0 Å². The Labute approximate surface area is 178 Å². The molecule has 0 radical (unpaired) electrons. The van der Waals surface area contributed by atoms with Crippen LogP contribution in [0.3, 0.4) is 0 Å². The summed E-state index contributed by atoms with van der Waals surface area (Å²) in [6, 6.07) is 25.9. The predicted molar refractivity (Wildman–Crippen MR) is 118 cm³/mol. The van der Waals surface area contributed by atoms with Crippen LogP contribution in [-0.4, -0.2) is 31.5 Å². The lowest BCUT2D eigenvalue weighted by atomic mass is 9.90. The number of esters is 1. The zero-order valence-electron chi connectivity index (χ0n) is 17.5. The molecule has 154 valence electrons. The number of benzene rings is 3. The fourth-order valence-electron chi connectivity index (χ4n) is 3.81. The summed E-state index contributed by atoms with van der Waals surface area (Å²) in [4.78, 5) is 14.7. The minimum absolute atomic E-state index is 0.0392. The molecule has 0 aromatic heterocycles. The van der Waals surface area contributed by atoms with Gasteiger partial charge in [-0.3, -0.25) is 4.79 Å². The van der Waals surface area contributed by atoms with Crippen LogP contribution in [0.25, 0.3) is 0 Å². The minimum Gasteiger partial charge on any atom is -0.486 e. The van der Waals surface area contributed by atoms with Gasteiger partial charge < -0.3 is 14.4 Å². The van der Waals surface area contributed by atoms with Crippen molar-refractivity contribution < 1.29 is 14.3 Å². The highest BCUT2D eigenvalue weighted by Crippen LogP contribution is 2.36. The van der Waals surface area contributed by atoms with Crippen molar-refractivity contribution >= 4 is 5.97 Å². The summed E-state index contributed by atoms with van der Waals surface area (Å²) in [7, 11) is 4.14. The lowest BCUT2D eigenvalue weighted by Crippen LogP contribution is -2.26. The molecule has 0 fully saturated rings. The van der Waals surface area contributed by atoms with Gasteiger partial charge in [0, 0.05) is 13.0 Å². The van der Waals surface area contributed by atoms with Crippen LogP contribution in [0.4, 0.5) is 0 Å². The van der Waals surface area contributed by atoms with Crippen molar-refractivity contribution in [3.8, 4) is 11.5 Å². The fraction of sp³-hybridized carbons (Fsp3) is 0.269. The third-order valence-electron chi connectivity index (χ3n) is 5.44. The summed E-state index contributed by atoms with van der Waals surface area (Å²) < 4.78 is 12.0. The topological polar surface area (TPSA) is 38.8 Å². The molecule has 3 aromatic carbocycles. The number of carbonyl (C=O) groups is 1. The number of carbonyl (C=O) groups excluding carboxylic acids is 1. The Balaban J connectivity index is 1.56. The van der Waals surface area contributed by atoms with Crippen LogP contribution in [0.5, 0.6) is 11.5 Å². The summed E-state index contributed by atoms with van der Waals surface area (Å²) >= 11 is 0. The van der Waals surface area contributed by atoms with Gasteiger partial charge in [0.25, 0.3) is 0 Å². The number of fused-ring (bicyclic) bond motifs is 1. The maximum Gasteiger partial charge on any atom is 0.319 e. The zero-order valence-corrected chi connectivity index (χ0v) is 17.5. The van der Waals surface area contributed by atoms with Crippen molar-refractivity contribution in [1.82, 2.24) is 4.90 Å². The van der Waals surface area contributed by atoms with Crippen LogP contribution in [0.15, 0.2) is 78.9 Å². The Morgan fingerprint density at radius 2 is 1.70 bits per heavy atom. The van der Waals surface area contributed by atoms with E-state index in [4.69, 9.17) is 9.47 Å². The van der Waals surface area contributed by atoms with Gasteiger partial charge in [0.1, 0.15) is 17.6 Å². The van der Waals surface area contributed by atoms with Crippen LogP contribution in [0.1, 0.15) is 35.1 Å². The van der Waals surface area contributed by atoms with Gasteiger partial charge in [-0.05, 0) is 55.4 Å². The molecule has 2 atom stereocenters. The molecule has 30 heavy (non-hydrogen) atoms. The Morgan fingerprint density at radius 1 is 1.00 bits per heavy atom. The van der Waals surface area contributed by atoms with E-state index in [0.29, 0.717) is 12.2 Å². The predicted octanol–water partition coefficient (Wildman–Crippen LogP) is 5.00. The van der Waals surface area contributed by atoms with E-state index in [9.17, 15) is 4.79 Å². The van der Waals surface area contributed by atoms with E-state index >= 15 is 0 Å². The van der Waals surface area contributed by atoms with E-state index in [-0.39, 0.29) is 18.0 Å². The van der Waals surface area contributed by atoms with E-state index in [1.54, 1.807) is 0 Å². The maximum atomic E-state index is 12.5. The summed E-state index contributed by atoms with van der Waals surface area (Å²) in [6.07, 6.45) is 1.46. The quantitative estimate of drug-likeness (QED) is 0.412. The Hall–Kier alpha value is -3.11. The molecule has 4 heteroatoms. The van der Waals surface area contributed by atoms with Crippen molar-refractivity contribution in [2.45, 2.75) is 24.9 Å². The van der Waals surface area contributed by atoms with Gasteiger partial charge in [-0.15, -0.1) is 0 Å². The first kappa shape index (κ1) is 20.2. The van der Waals surface area contributed by atoms with Gasteiger partial charge in [0.05, 0.1) is 5.92 Å². The standard InChI is InChI=1S/C26H27NO3/c1-27(2)16-15-25(20-11-7-4-8-12-20)29-22-13-14-24-21(17-22)18-23(26(28)30-24)19-9-5-3-6-10-19/h3-14,17,23,25H,15-16,18H2,1-2H3. The number of hydrogen-bond donors (Lipinski definition) is 0. The molecular formula is C26H27NO3. The Morgan fingerprint density at radius 3 is 2.40 bits per heavy atom. The van der Waals surface area contributed by atoms with Crippen molar-refractivity contribution in [3.05, 3.63) is 95.6 Å². The largest absolute Gasteiger partial charge is 0.486 e. The van der Waals surface area contributed by atoms with Gasteiger partial charge in [0.2, 0.25) is 0 Å². The molecule has 0 spiro atoms. The molecule has 0 amide bonds. The van der Waals surface area contributed by atoms with Crippen molar-refractivity contribution in [3.63, 3.8) is 0 Å². The second kappa shape index (κ2) is 9.14. The van der Waals surface area contributed by atoms with Crippen LogP contribution < -0.4 is 9.47 Å². The average molecular weight is 402 g/mol. The van der Waals surface area contributed by atoms with Gasteiger partial charge in [-0.1, -0.05) is 60.7 Å². The first-order valence-electron chi connectivity index (χ1n) is 10.4. The molecule has 3 aromatic rings. The zero-order chi connectivity index (χ0) is 20.9. The van der Waals surface area contributed by atoms with E-state index < -0.39 is 0 Å². The Kier molecular flexibility index (Phi) is 6.15. The minimum atomic E-state index is -0.285. The summed E-state index contributed by atoms with van der Waals surface area (Å²) in [5.74, 6) is 0.943. The van der Waals surface area contributed by atoms with Gasteiger partial charge >= 0.3 is 5.97 Å². The number of rotatable bonds is 7. The molecule has 0 bridgehead atoms. The molecule has 1 heterocycles. The fourth-order valence-corrected chi connectivity index (χ4v) is 3.81. The van der Waals surface area contributed by atoms with Crippen LogP contribution >= 0.6 is 0 Å². The molecule has 4 rings (SSSR count). The SMILES string of the molecule is CN(C)CCC(Oc1ccc2c(c1)CC(c1ccccc1)C(=O)O2)c1ccccc1. The number of nitrogens with zero attached hydrogens (tertiary/aromatic N) is 1. The highest BCUT2D eigenvalue weighted by molar-refractivity contribution is 5.83. The Bertz CT molecular complexity index is 986. The van der Waals surface area contributed by atoms with Crippen molar-refractivity contribution in [1.29, 1.82) is 0 Å².